The lowest BCUT2D eigenvalue weighted by atomic mass is 9.94. The lowest BCUT2D eigenvalue weighted by Crippen LogP contribution is -2.16. The Labute approximate surface area is 119 Å². The first-order valence-corrected chi connectivity index (χ1v) is 6.98. The molecule has 3 aromatic carbocycles. The summed E-state index contributed by atoms with van der Waals surface area (Å²) in [6.45, 7) is 11.3. The molecule has 0 unspecified atom stereocenters. The fourth-order valence-electron chi connectivity index (χ4n) is 2.91. The van der Waals surface area contributed by atoms with Gasteiger partial charge in [0.1, 0.15) is 0 Å². The second-order valence-electron chi connectivity index (χ2n) is 5.20. The molecular weight excluding hydrogens is 242 g/mol. The van der Waals surface area contributed by atoms with Crippen molar-refractivity contribution in [1.29, 1.82) is 0 Å². The molecular formula is C19H19N. The molecule has 1 nitrogen and oxygen atoms in total. The summed E-state index contributed by atoms with van der Waals surface area (Å²) in [4.78, 5) is 2.28. The van der Waals surface area contributed by atoms with Crippen LogP contribution >= 0.6 is 0 Å². The zero-order chi connectivity index (χ0) is 14.3. The molecule has 0 atom stereocenters. The van der Waals surface area contributed by atoms with Crippen molar-refractivity contribution in [2.45, 2.75) is 6.92 Å². The first-order chi connectivity index (χ1) is 9.67. The maximum atomic E-state index is 4.19. The molecule has 0 aromatic heterocycles. The molecule has 0 fully saturated rings. The first kappa shape index (κ1) is 12.7. The molecule has 0 amide bonds. The molecule has 1 heteroatoms. The third-order valence-electron chi connectivity index (χ3n) is 4.11. The maximum Gasteiger partial charge on any atom is 0.0443 e. The van der Waals surface area contributed by atoms with Gasteiger partial charge in [-0.1, -0.05) is 49.6 Å². The Morgan fingerprint density at radius 3 is 2.50 bits per heavy atom. The van der Waals surface area contributed by atoms with Gasteiger partial charge in [0.15, 0.2) is 0 Å². The van der Waals surface area contributed by atoms with Gasteiger partial charge in [0.25, 0.3) is 0 Å². The van der Waals surface area contributed by atoms with Crippen molar-refractivity contribution in [2.24, 2.45) is 0 Å². The summed E-state index contributed by atoms with van der Waals surface area (Å²) in [6, 6.07) is 13.0. The summed E-state index contributed by atoms with van der Waals surface area (Å²) in [5.74, 6) is 0. The van der Waals surface area contributed by atoms with Gasteiger partial charge in [0.2, 0.25) is 0 Å². The molecule has 3 rings (SSSR count). The largest absolute Gasteiger partial charge is 0.374 e. The highest BCUT2D eigenvalue weighted by atomic mass is 15.1. The minimum Gasteiger partial charge on any atom is -0.374 e. The third kappa shape index (κ3) is 1.70. The summed E-state index contributed by atoms with van der Waals surface area (Å²) >= 11 is 0. The van der Waals surface area contributed by atoms with Crippen LogP contribution in [0.4, 0.5) is 5.69 Å². The van der Waals surface area contributed by atoms with Crippen LogP contribution in [0.1, 0.15) is 12.5 Å². The van der Waals surface area contributed by atoms with Crippen LogP contribution in [-0.2, 0) is 0 Å². The number of benzene rings is 3. The lowest BCUT2D eigenvalue weighted by Gasteiger charge is -2.21. The molecule has 0 radical (unpaired) electrons. The number of hydrogen-bond acceptors (Lipinski definition) is 1. The van der Waals surface area contributed by atoms with Gasteiger partial charge in [-0.3, -0.25) is 0 Å². The SMILES string of the molecule is C=Cc1ccc2ccc(N(C)CC)c3ccc(=C)c1c23. The number of hydrogen-bond donors (Lipinski definition) is 0. The molecule has 20 heavy (non-hydrogen) atoms. The minimum absolute atomic E-state index is 0.990. The van der Waals surface area contributed by atoms with Gasteiger partial charge in [0.05, 0.1) is 0 Å². The van der Waals surface area contributed by atoms with E-state index in [0.29, 0.717) is 0 Å². The van der Waals surface area contributed by atoms with Gasteiger partial charge in [-0.05, 0) is 39.9 Å². The second-order valence-corrected chi connectivity index (χ2v) is 5.20. The highest BCUT2D eigenvalue weighted by Crippen LogP contribution is 2.33. The summed E-state index contributed by atoms with van der Waals surface area (Å²) in [6.07, 6.45) is 1.92. The van der Waals surface area contributed by atoms with E-state index in [1.165, 1.54) is 27.2 Å². The predicted octanol–water partition coefficient (Wildman–Crippen LogP) is 4.22. The van der Waals surface area contributed by atoms with Crippen LogP contribution in [-0.4, -0.2) is 13.6 Å². The molecule has 0 heterocycles. The summed E-state index contributed by atoms with van der Waals surface area (Å²) in [5, 5.41) is 6.14. The van der Waals surface area contributed by atoms with Crippen molar-refractivity contribution < 1.29 is 0 Å². The van der Waals surface area contributed by atoms with E-state index in [0.717, 1.165) is 17.3 Å². The highest BCUT2D eigenvalue weighted by Gasteiger charge is 2.11. The van der Waals surface area contributed by atoms with Crippen molar-refractivity contribution >= 4 is 39.9 Å². The van der Waals surface area contributed by atoms with Crippen LogP contribution < -0.4 is 10.1 Å². The number of anilines is 1. The normalized spacial score (nSPS) is 11.1. The van der Waals surface area contributed by atoms with Crippen molar-refractivity contribution in [3.05, 3.63) is 53.8 Å². The Morgan fingerprint density at radius 2 is 1.80 bits per heavy atom. The highest BCUT2D eigenvalue weighted by molar-refractivity contribution is 6.16. The van der Waals surface area contributed by atoms with Crippen molar-refractivity contribution in [2.75, 3.05) is 18.5 Å². The average molecular weight is 261 g/mol. The van der Waals surface area contributed by atoms with Crippen LogP contribution in [0, 0.1) is 0 Å². The molecule has 100 valence electrons. The van der Waals surface area contributed by atoms with E-state index in [2.05, 4.69) is 68.4 Å². The van der Waals surface area contributed by atoms with E-state index in [1.807, 2.05) is 6.08 Å². The Morgan fingerprint density at radius 1 is 1.05 bits per heavy atom. The zero-order valence-electron chi connectivity index (χ0n) is 12.1. The Balaban J connectivity index is 2.56. The predicted molar refractivity (Wildman–Crippen MR) is 91.2 cm³/mol. The molecule has 0 spiro atoms. The summed E-state index contributed by atoms with van der Waals surface area (Å²) in [7, 11) is 2.13. The maximum absolute atomic E-state index is 4.19. The smallest absolute Gasteiger partial charge is 0.0443 e. The van der Waals surface area contributed by atoms with Crippen LogP contribution in [0.15, 0.2) is 43.0 Å². The van der Waals surface area contributed by atoms with Crippen molar-refractivity contribution in [1.82, 2.24) is 0 Å². The summed E-state index contributed by atoms with van der Waals surface area (Å²) in [5.41, 5.74) is 2.43. The number of rotatable bonds is 3. The van der Waals surface area contributed by atoms with E-state index in [4.69, 9.17) is 0 Å². The average Bonchev–Trinajstić information content (AvgIpc) is 2.49. The standard InChI is InChI=1S/C19H19N/c1-5-14-8-9-15-10-12-17(20(4)6-2)16-11-7-13(3)18(14)19(15)16/h5,7-12H,1,3,6H2,2,4H3. The first-order valence-electron chi connectivity index (χ1n) is 6.98. The fraction of sp³-hybridized carbons (Fsp3) is 0.158. The quantitative estimate of drug-likeness (QED) is 0.682. The Hall–Kier alpha value is -2.28. The second kappa shape index (κ2) is 4.68. The van der Waals surface area contributed by atoms with E-state index in [1.54, 1.807) is 0 Å². The van der Waals surface area contributed by atoms with Gasteiger partial charge >= 0.3 is 0 Å². The number of nitrogens with zero attached hydrogens (tertiary/aromatic N) is 1. The molecule has 0 aliphatic rings. The topological polar surface area (TPSA) is 3.24 Å². The van der Waals surface area contributed by atoms with E-state index in [9.17, 15) is 0 Å². The molecule has 0 bridgehead atoms. The van der Waals surface area contributed by atoms with E-state index >= 15 is 0 Å². The van der Waals surface area contributed by atoms with Crippen LogP contribution in [0.5, 0.6) is 0 Å². The molecule has 0 saturated heterocycles. The minimum atomic E-state index is 0.990. The van der Waals surface area contributed by atoms with Crippen molar-refractivity contribution in [3.8, 4) is 0 Å². The Bertz CT molecular complexity index is 845. The monoisotopic (exact) mass is 261 g/mol. The van der Waals surface area contributed by atoms with Gasteiger partial charge in [-0.15, -0.1) is 0 Å². The van der Waals surface area contributed by atoms with Crippen LogP contribution in [0.3, 0.4) is 0 Å². The van der Waals surface area contributed by atoms with Gasteiger partial charge in [-0.2, -0.15) is 0 Å². The van der Waals surface area contributed by atoms with Crippen LogP contribution in [0.2, 0.25) is 0 Å². The molecule has 0 aliphatic heterocycles. The van der Waals surface area contributed by atoms with Gasteiger partial charge in [-0.25, -0.2) is 0 Å². The van der Waals surface area contributed by atoms with Gasteiger partial charge in [0, 0.05) is 24.7 Å². The molecule has 0 aliphatic carbocycles. The molecule has 3 aromatic rings. The van der Waals surface area contributed by atoms with Gasteiger partial charge < -0.3 is 4.90 Å². The molecule has 0 N–H and O–H groups in total. The van der Waals surface area contributed by atoms with E-state index < -0.39 is 0 Å². The zero-order valence-corrected chi connectivity index (χ0v) is 12.1. The van der Waals surface area contributed by atoms with Crippen molar-refractivity contribution in [3.63, 3.8) is 0 Å². The fourth-order valence-corrected chi connectivity index (χ4v) is 2.91. The summed E-state index contributed by atoms with van der Waals surface area (Å²) < 4.78 is 0. The third-order valence-corrected chi connectivity index (χ3v) is 4.11. The van der Waals surface area contributed by atoms with E-state index in [-0.39, 0.29) is 0 Å². The van der Waals surface area contributed by atoms with Crippen LogP contribution in [0.25, 0.3) is 34.2 Å². The molecule has 0 saturated carbocycles. The Kier molecular flexibility index (Phi) is 2.98. The lowest BCUT2D eigenvalue weighted by molar-refractivity contribution is 0.974.